The molecule has 4 rings (SSSR count). The number of nitrogens with zero attached hydrogens (tertiary/aromatic N) is 1. The van der Waals surface area contributed by atoms with Crippen molar-refractivity contribution in [3.05, 3.63) is 59.7 Å². The summed E-state index contributed by atoms with van der Waals surface area (Å²) >= 11 is 0. The fourth-order valence-corrected chi connectivity index (χ4v) is 5.25. The lowest BCUT2D eigenvalue weighted by atomic mass is 9.95. The summed E-state index contributed by atoms with van der Waals surface area (Å²) in [6.45, 7) is 5.02. The van der Waals surface area contributed by atoms with Crippen LogP contribution in [0.3, 0.4) is 0 Å². The van der Waals surface area contributed by atoms with Gasteiger partial charge in [-0.25, -0.2) is 4.79 Å². The smallest absolute Gasteiger partial charge is 0.407 e. The average Bonchev–Trinajstić information content (AvgIpc) is 3.34. The number of carboxylic acids is 1. The number of likely N-dealkylation sites (tertiary alicyclic amines) is 1. The second kappa shape index (κ2) is 10.3. The number of fused-ring (bicyclic) bond motifs is 3. The van der Waals surface area contributed by atoms with Crippen molar-refractivity contribution in [3.63, 3.8) is 0 Å². The van der Waals surface area contributed by atoms with Gasteiger partial charge >= 0.3 is 12.1 Å². The van der Waals surface area contributed by atoms with Crippen molar-refractivity contribution >= 4 is 18.0 Å². The molecule has 34 heavy (non-hydrogen) atoms. The standard InChI is InChI=1S/C27H32N2O5/c1-3-8-24(26(32)29-14-17(2)18(15-29)13-25(30)31)28-27(33)34-16-23-21-11-6-4-9-19(21)20-10-5-7-12-22(20)23/h4-7,9-12,17-18,23-24H,3,8,13-16H2,1-2H3,(H,28,33)(H,30,31). The molecule has 2 aromatic carbocycles. The maximum Gasteiger partial charge on any atom is 0.407 e. The predicted molar refractivity (Wildman–Crippen MR) is 128 cm³/mol. The van der Waals surface area contributed by atoms with Crippen molar-refractivity contribution in [3.8, 4) is 11.1 Å². The van der Waals surface area contributed by atoms with E-state index >= 15 is 0 Å². The third-order valence-electron chi connectivity index (χ3n) is 7.03. The molecule has 1 fully saturated rings. The van der Waals surface area contributed by atoms with Crippen LogP contribution in [0, 0.1) is 11.8 Å². The molecule has 1 heterocycles. The Kier molecular flexibility index (Phi) is 7.20. The molecule has 7 nitrogen and oxygen atoms in total. The Morgan fingerprint density at radius 3 is 2.26 bits per heavy atom. The highest BCUT2D eigenvalue weighted by Crippen LogP contribution is 2.44. The molecule has 2 amide bonds. The third kappa shape index (κ3) is 4.93. The van der Waals surface area contributed by atoms with Crippen LogP contribution in [0.5, 0.6) is 0 Å². The molecule has 3 atom stereocenters. The zero-order valence-electron chi connectivity index (χ0n) is 19.7. The summed E-state index contributed by atoms with van der Waals surface area (Å²) in [6.07, 6.45) is 0.658. The van der Waals surface area contributed by atoms with Crippen molar-refractivity contribution in [1.82, 2.24) is 10.2 Å². The lowest BCUT2D eigenvalue weighted by molar-refractivity contribution is -0.138. The van der Waals surface area contributed by atoms with E-state index in [0.717, 1.165) is 28.7 Å². The van der Waals surface area contributed by atoms with Crippen LogP contribution in [0.4, 0.5) is 4.79 Å². The number of ether oxygens (including phenoxy) is 1. The Labute approximate surface area is 200 Å². The van der Waals surface area contributed by atoms with Crippen molar-refractivity contribution in [2.24, 2.45) is 11.8 Å². The molecule has 0 saturated carbocycles. The van der Waals surface area contributed by atoms with E-state index in [1.165, 1.54) is 0 Å². The van der Waals surface area contributed by atoms with Gasteiger partial charge in [-0.1, -0.05) is 68.8 Å². The number of nitrogens with one attached hydrogen (secondary N) is 1. The number of benzene rings is 2. The number of aliphatic carboxylic acids is 1. The number of carbonyl (C=O) groups excluding carboxylic acids is 2. The molecule has 0 aromatic heterocycles. The van der Waals surface area contributed by atoms with Crippen LogP contribution in [0.25, 0.3) is 11.1 Å². The molecule has 0 spiro atoms. The number of alkyl carbamates (subject to hydrolysis) is 1. The molecule has 1 aliphatic heterocycles. The van der Waals surface area contributed by atoms with Crippen molar-refractivity contribution in [1.29, 1.82) is 0 Å². The first kappa shape index (κ1) is 23.8. The van der Waals surface area contributed by atoms with E-state index in [2.05, 4.69) is 29.6 Å². The number of carboxylic acid groups (broad SMARTS) is 1. The Bertz CT molecular complexity index is 1020. The molecule has 0 radical (unpaired) electrons. The Morgan fingerprint density at radius 1 is 1.06 bits per heavy atom. The van der Waals surface area contributed by atoms with Gasteiger partial charge in [0.25, 0.3) is 0 Å². The molecule has 1 aliphatic carbocycles. The summed E-state index contributed by atoms with van der Waals surface area (Å²) in [6, 6.07) is 15.6. The Balaban J connectivity index is 1.38. The zero-order valence-corrected chi connectivity index (χ0v) is 19.7. The highest BCUT2D eigenvalue weighted by molar-refractivity contribution is 5.86. The molecule has 2 aliphatic rings. The number of hydrogen-bond donors (Lipinski definition) is 2. The van der Waals surface area contributed by atoms with E-state index in [4.69, 9.17) is 9.84 Å². The van der Waals surface area contributed by atoms with Crippen LogP contribution in [0.2, 0.25) is 0 Å². The van der Waals surface area contributed by atoms with Crippen molar-refractivity contribution < 1.29 is 24.2 Å². The molecular weight excluding hydrogens is 432 g/mol. The van der Waals surface area contributed by atoms with Crippen molar-refractivity contribution in [2.75, 3.05) is 19.7 Å². The highest BCUT2D eigenvalue weighted by Gasteiger charge is 2.37. The van der Waals surface area contributed by atoms with E-state index < -0.39 is 18.1 Å². The fourth-order valence-electron chi connectivity index (χ4n) is 5.25. The molecule has 0 bridgehead atoms. The second-order valence-electron chi connectivity index (χ2n) is 9.39. The summed E-state index contributed by atoms with van der Waals surface area (Å²) in [5.41, 5.74) is 4.58. The SMILES string of the molecule is CCCC(NC(=O)OCC1c2ccccc2-c2ccccc21)C(=O)N1CC(C)C(CC(=O)O)C1. The number of carbonyl (C=O) groups is 3. The van der Waals surface area contributed by atoms with Gasteiger partial charge in [0.1, 0.15) is 12.6 Å². The van der Waals surface area contributed by atoms with Crippen LogP contribution >= 0.6 is 0 Å². The van der Waals surface area contributed by atoms with Gasteiger partial charge in [0.15, 0.2) is 0 Å². The summed E-state index contributed by atoms with van der Waals surface area (Å²) in [5.74, 6) is -1.03. The van der Waals surface area contributed by atoms with Crippen LogP contribution in [-0.2, 0) is 14.3 Å². The van der Waals surface area contributed by atoms with Crippen LogP contribution in [0.15, 0.2) is 48.5 Å². The topological polar surface area (TPSA) is 95.9 Å². The average molecular weight is 465 g/mol. The maximum atomic E-state index is 13.1. The maximum absolute atomic E-state index is 13.1. The first-order valence-electron chi connectivity index (χ1n) is 12.0. The number of hydrogen-bond acceptors (Lipinski definition) is 4. The lowest BCUT2D eigenvalue weighted by Crippen LogP contribution is -2.48. The monoisotopic (exact) mass is 464 g/mol. The van der Waals surface area contributed by atoms with Gasteiger partial charge in [0, 0.05) is 19.0 Å². The number of amides is 2. The van der Waals surface area contributed by atoms with Crippen LogP contribution in [-0.4, -0.2) is 53.7 Å². The molecular formula is C27H32N2O5. The van der Waals surface area contributed by atoms with E-state index in [-0.39, 0.29) is 36.7 Å². The van der Waals surface area contributed by atoms with E-state index in [1.54, 1.807) is 4.90 Å². The molecule has 3 unspecified atom stereocenters. The second-order valence-corrected chi connectivity index (χ2v) is 9.39. The minimum absolute atomic E-state index is 0.0448. The molecule has 1 saturated heterocycles. The summed E-state index contributed by atoms with van der Waals surface area (Å²) < 4.78 is 5.63. The van der Waals surface area contributed by atoms with E-state index in [9.17, 15) is 14.4 Å². The van der Waals surface area contributed by atoms with Gasteiger partial charge < -0.3 is 20.1 Å². The largest absolute Gasteiger partial charge is 0.481 e. The van der Waals surface area contributed by atoms with Crippen LogP contribution < -0.4 is 5.32 Å². The first-order valence-corrected chi connectivity index (χ1v) is 12.0. The predicted octanol–water partition coefficient (Wildman–Crippen LogP) is 4.26. The summed E-state index contributed by atoms with van der Waals surface area (Å²) in [7, 11) is 0. The van der Waals surface area contributed by atoms with Crippen molar-refractivity contribution in [2.45, 2.75) is 45.1 Å². The van der Waals surface area contributed by atoms with Gasteiger partial charge in [0.05, 0.1) is 6.42 Å². The van der Waals surface area contributed by atoms with Gasteiger partial charge in [-0.3, -0.25) is 9.59 Å². The molecule has 2 aromatic rings. The quantitative estimate of drug-likeness (QED) is 0.609. The summed E-state index contributed by atoms with van der Waals surface area (Å²) in [5, 5.41) is 11.9. The van der Waals surface area contributed by atoms with Gasteiger partial charge in [-0.15, -0.1) is 0 Å². The van der Waals surface area contributed by atoms with Gasteiger partial charge in [-0.2, -0.15) is 0 Å². The number of rotatable bonds is 8. The normalized spacial score (nSPS) is 19.9. The summed E-state index contributed by atoms with van der Waals surface area (Å²) in [4.78, 5) is 38.7. The minimum atomic E-state index is -0.854. The van der Waals surface area contributed by atoms with E-state index in [1.807, 2.05) is 38.1 Å². The Morgan fingerprint density at radius 2 is 1.68 bits per heavy atom. The lowest BCUT2D eigenvalue weighted by Gasteiger charge is -2.24. The molecule has 7 heteroatoms. The highest BCUT2D eigenvalue weighted by atomic mass is 16.5. The van der Waals surface area contributed by atoms with E-state index in [0.29, 0.717) is 19.5 Å². The first-order chi connectivity index (χ1) is 16.4. The van der Waals surface area contributed by atoms with Gasteiger partial charge in [-0.05, 0) is 40.5 Å². The molecule has 2 N–H and O–H groups in total. The molecule has 180 valence electrons. The van der Waals surface area contributed by atoms with Crippen LogP contribution in [0.1, 0.15) is 50.2 Å². The minimum Gasteiger partial charge on any atom is -0.481 e. The fraction of sp³-hybridized carbons (Fsp3) is 0.444. The van der Waals surface area contributed by atoms with Gasteiger partial charge in [0.2, 0.25) is 5.91 Å². The third-order valence-corrected chi connectivity index (χ3v) is 7.03. The Hall–Kier alpha value is -3.35. The zero-order chi connectivity index (χ0) is 24.2.